The van der Waals surface area contributed by atoms with Crippen molar-refractivity contribution in [3.05, 3.63) is 194 Å². The molecule has 0 saturated carbocycles. The molecular weight excluding hydrogens is 687 g/mol. The van der Waals surface area contributed by atoms with Crippen LogP contribution in [0.2, 0.25) is 0 Å². The van der Waals surface area contributed by atoms with Crippen LogP contribution in [0.3, 0.4) is 0 Å². The Bertz CT molecular complexity index is 2840. The van der Waals surface area contributed by atoms with Crippen molar-refractivity contribution in [1.82, 2.24) is 29.9 Å². The highest BCUT2D eigenvalue weighted by molar-refractivity contribution is 5.76. The van der Waals surface area contributed by atoms with E-state index in [1.807, 2.05) is 127 Å². The normalized spacial score (nSPS) is 10.8. The van der Waals surface area contributed by atoms with Crippen LogP contribution in [0.15, 0.2) is 188 Å². The molecule has 9 aromatic rings. The number of hydrogen-bond acceptors (Lipinski definition) is 7. The van der Waals surface area contributed by atoms with Crippen LogP contribution in [-0.4, -0.2) is 29.9 Å². The molecule has 0 atom stereocenters. The van der Waals surface area contributed by atoms with Crippen LogP contribution in [0.4, 0.5) is 0 Å². The smallest absolute Gasteiger partial charge is 0.164 e. The maximum Gasteiger partial charge on any atom is 0.164 e. The standard InChI is InChI=1S/C49H31N7/c50-32-33-22-24-38(25-23-33)46-51-44(36-14-6-2-7-15-36)52-47(53-46)39-28-26-35(27-29-39)41-19-11-21-43(31-41)49-55-45(37-16-8-3-9-17-37)54-48(56-49)42-20-10-18-40(30-42)34-12-4-1-5-13-34/h1-31H. The van der Waals surface area contributed by atoms with E-state index in [4.69, 9.17) is 29.9 Å². The number of aromatic nitrogens is 6. The van der Waals surface area contributed by atoms with E-state index in [9.17, 15) is 5.26 Å². The molecule has 2 heterocycles. The quantitative estimate of drug-likeness (QED) is 0.154. The average molecular weight is 718 g/mol. The third kappa shape index (κ3) is 7.19. The number of nitriles is 1. The van der Waals surface area contributed by atoms with Crippen LogP contribution in [-0.2, 0) is 0 Å². The van der Waals surface area contributed by atoms with Crippen molar-refractivity contribution in [2.75, 3.05) is 0 Å². The Morgan fingerprint density at radius 2 is 0.518 bits per heavy atom. The summed E-state index contributed by atoms with van der Waals surface area (Å²) in [6, 6.07) is 64.4. The molecule has 0 bridgehead atoms. The lowest BCUT2D eigenvalue weighted by atomic mass is 10.0. The van der Waals surface area contributed by atoms with Crippen LogP contribution in [0.25, 0.3) is 90.6 Å². The maximum absolute atomic E-state index is 9.31. The SMILES string of the molecule is N#Cc1ccc(-c2nc(-c3ccccc3)nc(-c3ccc(-c4cccc(-c5nc(-c6ccccc6)nc(-c6cccc(-c7ccccc7)c6)n5)c4)cc3)n2)cc1. The van der Waals surface area contributed by atoms with Crippen molar-refractivity contribution in [2.45, 2.75) is 0 Å². The zero-order chi connectivity index (χ0) is 37.7. The number of nitrogens with zero attached hydrogens (tertiary/aromatic N) is 7. The number of rotatable bonds is 8. The van der Waals surface area contributed by atoms with Crippen LogP contribution in [0.1, 0.15) is 5.56 Å². The lowest BCUT2D eigenvalue weighted by Crippen LogP contribution is -2.00. The van der Waals surface area contributed by atoms with Crippen molar-refractivity contribution >= 4 is 0 Å². The van der Waals surface area contributed by atoms with Gasteiger partial charge in [0.15, 0.2) is 34.9 Å². The lowest BCUT2D eigenvalue weighted by molar-refractivity contribution is 1.07. The molecule has 0 aliphatic heterocycles. The summed E-state index contributed by atoms with van der Waals surface area (Å²) in [5.41, 5.74) is 10.1. The fourth-order valence-corrected chi connectivity index (χ4v) is 6.51. The van der Waals surface area contributed by atoms with Gasteiger partial charge in [-0.1, -0.05) is 152 Å². The second-order valence-corrected chi connectivity index (χ2v) is 13.1. The lowest BCUT2D eigenvalue weighted by Gasteiger charge is -2.11. The molecule has 2 aromatic heterocycles. The van der Waals surface area contributed by atoms with Gasteiger partial charge in [0.1, 0.15) is 0 Å². The Morgan fingerprint density at radius 3 is 0.911 bits per heavy atom. The van der Waals surface area contributed by atoms with Crippen molar-refractivity contribution in [3.8, 4) is 96.7 Å². The second kappa shape index (κ2) is 15.2. The van der Waals surface area contributed by atoms with Crippen LogP contribution in [0, 0.1) is 11.3 Å². The van der Waals surface area contributed by atoms with Gasteiger partial charge in [0.05, 0.1) is 11.6 Å². The minimum absolute atomic E-state index is 0.536. The molecule has 0 aliphatic rings. The van der Waals surface area contributed by atoms with Gasteiger partial charge in [-0.2, -0.15) is 5.26 Å². The Morgan fingerprint density at radius 1 is 0.250 bits per heavy atom. The van der Waals surface area contributed by atoms with Crippen molar-refractivity contribution < 1.29 is 0 Å². The molecule has 7 nitrogen and oxygen atoms in total. The highest BCUT2D eigenvalue weighted by atomic mass is 15.0. The van der Waals surface area contributed by atoms with Gasteiger partial charge in [0.2, 0.25) is 0 Å². The Balaban J connectivity index is 1.07. The van der Waals surface area contributed by atoms with Crippen molar-refractivity contribution in [1.29, 1.82) is 5.26 Å². The summed E-state index contributed by atoms with van der Waals surface area (Å²) in [7, 11) is 0. The minimum atomic E-state index is 0.536. The van der Waals surface area contributed by atoms with Crippen molar-refractivity contribution in [3.63, 3.8) is 0 Å². The van der Waals surface area contributed by atoms with E-state index in [-0.39, 0.29) is 0 Å². The molecule has 0 fully saturated rings. The van der Waals surface area contributed by atoms with Gasteiger partial charge in [0, 0.05) is 33.4 Å². The molecule has 0 N–H and O–H groups in total. The number of benzene rings is 7. The van der Waals surface area contributed by atoms with Crippen LogP contribution < -0.4 is 0 Å². The molecule has 0 aliphatic carbocycles. The largest absolute Gasteiger partial charge is 0.208 e. The number of hydrogen-bond donors (Lipinski definition) is 0. The minimum Gasteiger partial charge on any atom is -0.208 e. The molecule has 7 aromatic carbocycles. The van der Waals surface area contributed by atoms with E-state index < -0.39 is 0 Å². The topological polar surface area (TPSA) is 101 Å². The first-order chi connectivity index (χ1) is 27.7. The average Bonchev–Trinajstić information content (AvgIpc) is 3.30. The highest BCUT2D eigenvalue weighted by Gasteiger charge is 2.15. The van der Waals surface area contributed by atoms with E-state index in [1.165, 1.54) is 0 Å². The molecule has 0 radical (unpaired) electrons. The van der Waals surface area contributed by atoms with Gasteiger partial charge in [-0.05, 0) is 58.7 Å². The van der Waals surface area contributed by atoms with E-state index in [0.29, 0.717) is 40.5 Å². The molecule has 0 saturated heterocycles. The van der Waals surface area contributed by atoms with Crippen LogP contribution in [0.5, 0.6) is 0 Å². The summed E-state index contributed by atoms with van der Waals surface area (Å²) >= 11 is 0. The van der Waals surface area contributed by atoms with E-state index in [2.05, 4.69) is 54.6 Å². The monoisotopic (exact) mass is 717 g/mol. The summed E-state index contributed by atoms with van der Waals surface area (Å²) in [5.74, 6) is 3.47. The first kappa shape index (κ1) is 33.9. The van der Waals surface area contributed by atoms with E-state index in [1.54, 1.807) is 12.1 Å². The predicted octanol–water partition coefficient (Wildman–Crippen LogP) is 11.3. The molecular formula is C49H31N7. The molecule has 9 rings (SSSR count). The van der Waals surface area contributed by atoms with Gasteiger partial charge in [-0.3, -0.25) is 0 Å². The zero-order valence-electron chi connectivity index (χ0n) is 30.0. The Labute approximate surface area is 324 Å². The third-order valence-electron chi connectivity index (χ3n) is 9.43. The third-order valence-corrected chi connectivity index (χ3v) is 9.43. The Kier molecular flexibility index (Phi) is 9.18. The van der Waals surface area contributed by atoms with Gasteiger partial charge < -0.3 is 0 Å². The second-order valence-electron chi connectivity index (χ2n) is 13.1. The summed E-state index contributed by atoms with van der Waals surface area (Å²) in [6.07, 6.45) is 0. The van der Waals surface area contributed by atoms with Gasteiger partial charge >= 0.3 is 0 Å². The molecule has 0 spiro atoms. The molecule has 7 heteroatoms. The Hall–Kier alpha value is -7.95. The van der Waals surface area contributed by atoms with Crippen molar-refractivity contribution in [2.24, 2.45) is 0 Å². The van der Waals surface area contributed by atoms with Crippen LogP contribution >= 0.6 is 0 Å². The molecule has 262 valence electrons. The fraction of sp³-hybridized carbons (Fsp3) is 0. The molecule has 56 heavy (non-hydrogen) atoms. The van der Waals surface area contributed by atoms with Gasteiger partial charge in [-0.25, -0.2) is 29.9 Å². The fourth-order valence-electron chi connectivity index (χ4n) is 6.51. The molecule has 0 unspecified atom stereocenters. The van der Waals surface area contributed by atoms with E-state index >= 15 is 0 Å². The van der Waals surface area contributed by atoms with Gasteiger partial charge in [0.25, 0.3) is 0 Å². The summed E-state index contributed by atoms with van der Waals surface area (Å²) < 4.78 is 0. The highest BCUT2D eigenvalue weighted by Crippen LogP contribution is 2.31. The zero-order valence-corrected chi connectivity index (χ0v) is 30.0. The van der Waals surface area contributed by atoms with E-state index in [0.717, 1.165) is 55.6 Å². The molecule has 0 amide bonds. The van der Waals surface area contributed by atoms with Gasteiger partial charge in [-0.15, -0.1) is 0 Å². The first-order valence-electron chi connectivity index (χ1n) is 18.2. The maximum atomic E-state index is 9.31. The summed E-state index contributed by atoms with van der Waals surface area (Å²) in [6.45, 7) is 0. The summed E-state index contributed by atoms with van der Waals surface area (Å²) in [5, 5.41) is 9.31. The summed E-state index contributed by atoms with van der Waals surface area (Å²) in [4.78, 5) is 29.5. The predicted molar refractivity (Wildman–Crippen MR) is 221 cm³/mol. The first-order valence-corrected chi connectivity index (χ1v) is 18.2.